The molecule has 0 fully saturated rings. The number of hydrogen-bond donors (Lipinski definition) is 1. The number of para-hydroxylation sites is 1. The Labute approximate surface area is 123 Å². The van der Waals surface area contributed by atoms with Gasteiger partial charge in [-0.2, -0.15) is 0 Å². The maximum absolute atomic E-state index is 5.99. The third-order valence-corrected chi connectivity index (χ3v) is 3.26. The van der Waals surface area contributed by atoms with Crippen molar-refractivity contribution in [3.05, 3.63) is 54.2 Å². The number of nitrogens with zero attached hydrogens (tertiary/aromatic N) is 1. The molecule has 2 aromatic carbocycles. The molecule has 4 nitrogen and oxygen atoms in total. The van der Waals surface area contributed by atoms with Crippen LogP contribution in [0, 0.1) is 6.92 Å². The molecule has 0 bridgehead atoms. The maximum atomic E-state index is 5.99. The largest absolute Gasteiger partial charge is 0.497 e. The van der Waals surface area contributed by atoms with E-state index in [0.29, 0.717) is 22.9 Å². The van der Waals surface area contributed by atoms with Crippen molar-refractivity contribution in [2.45, 2.75) is 6.92 Å². The lowest BCUT2D eigenvalue weighted by molar-refractivity contribution is 0.413. The number of ether oxygens (including phenoxy) is 2. The van der Waals surface area contributed by atoms with Crippen LogP contribution in [-0.2, 0) is 0 Å². The van der Waals surface area contributed by atoms with Crippen molar-refractivity contribution < 1.29 is 9.47 Å². The quantitative estimate of drug-likeness (QED) is 0.739. The predicted molar refractivity (Wildman–Crippen MR) is 84.0 cm³/mol. The van der Waals surface area contributed by atoms with Gasteiger partial charge in [0.05, 0.1) is 12.8 Å². The summed E-state index contributed by atoms with van der Waals surface area (Å²) in [6.45, 7) is 1.96. The zero-order valence-corrected chi connectivity index (χ0v) is 12.0. The second kappa shape index (κ2) is 5.32. The second-order valence-corrected chi connectivity index (χ2v) is 4.79. The summed E-state index contributed by atoms with van der Waals surface area (Å²) in [7, 11) is 1.60. The van der Waals surface area contributed by atoms with E-state index >= 15 is 0 Å². The summed E-state index contributed by atoms with van der Waals surface area (Å²) in [5, 5.41) is 1.03. The first-order chi connectivity index (χ1) is 10.2. The second-order valence-electron chi connectivity index (χ2n) is 4.79. The van der Waals surface area contributed by atoms with Gasteiger partial charge in [-0.05, 0) is 31.2 Å². The summed E-state index contributed by atoms with van der Waals surface area (Å²) in [5.74, 6) is 1.98. The molecule has 21 heavy (non-hydrogen) atoms. The third-order valence-electron chi connectivity index (χ3n) is 3.26. The molecule has 0 saturated carbocycles. The van der Waals surface area contributed by atoms with E-state index in [-0.39, 0.29) is 0 Å². The number of fused-ring (bicyclic) bond motifs is 1. The van der Waals surface area contributed by atoms with Crippen LogP contribution in [0.15, 0.2) is 48.5 Å². The number of rotatable bonds is 3. The summed E-state index contributed by atoms with van der Waals surface area (Å²) in [5.41, 5.74) is 8.29. The van der Waals surface area contributed by atoms with E-state index in [0.717, 1.165) is 16.6 Å². The summed E-state index contributed by atoms with van der Waals surface area (Å²) >= 11 is 0. The molecule has 0 saturated heterocycles. The van der Waals surface area contributed by atoms with Crippen LogP contribution in [0.5, 0.6) is 17.2 Å². The van der Waals surface area contributed by atoms with Gasteiger partial charge in [-0.3, -0.25) is 0 Å². The molecule has 0 aliphatic carbocycles. The van der Waals surface area contributed by atoms with Crippen molar-refractivity contribution in [3.8, 4) is 17.2 Å². The summed E-state index contributed by atoms with van der Waals surface area (Å²) in [4.78, 5) is 4.54. The topological polar surface area (TPSA) is 57.4 Å². The van der Waals surface area contributed by atoms with Crippen molar-refractivity contribution in [3.63, 3.8) is 0 Å². The molecule has 3 rings (SSSR count). The van der Waals surface area contributed by atoms with Crippen LogP contribution < -0.4 is 15.2 Å². The van der Waals surface area contributed by atoms with Gasteiger partial charge in [0.15, 0.2) is 11.5 Å². The van der Waals surface area contributed by atoms with Crippen LogP contribution in [0.2, 0.25) is 0 Å². The van der Waals surface area contributed by atoms with Crippen LogP contribution in [-0.4, -0.2) is 12.1 Å². The van der Waals surface area contributed by atoms with Gasteiger partial charge in [0.1, 0.15) is 11.3 Å². The van der Waals surface area contributed by atoms with E-state index in [1.165, 1.54) is 0 Å². The Balaban J connectivity index is 2.04. The van der Waals surface area contributed by atoms with Crippen LogP contribution in [0.4, 0.5) is 5.69 Å². The number of methoxy groups -OCH3 is 1. The zero-order valence-electron chi connectivity index (χ0n) is 12.0. The minimum atomic E-state index is 0.527. The van der Waals surface area contributed by atoms with E-state index in [9.17, 15) is 0 Å². The molecule has 0 atom stereocenters. The van der Waals surface area contributed by atoms with Gasteiger partial charge in [-0.1, -0.05) is 18.2 Å². The number of aryl methyl sites for hydroxylation is 1. The number of hydrogen-bond acceptors (Lipinski definition) is 4. The fourth-order valence-electron chi connectivity index (χ4n) is 2.16. The molecular formula is C17H16N2O2. The Kier molecular flexibility index (Phi) is 3.36. The molecule has 0 unspecified atom stereocenters. The zero-order chi connectivity index (χ0) is 14.8. The lowest BCUT2D eigenvalue weighted by Crippen LogP contribution is -1.95. The Morgan fingerprint density at radius 3 is 2.62 bits per heavy atom. The SMILES string of the molecule is COc1ccc(Oc2cccc3ccc(C)nc23)c(N)c1. The number of pyridine rings is 1. The monoisotopic (exact) mass is 280 g/mol. The molecule has 3 aromatic rings. The lowest BCUT2D eigenvalue weighted by Gasteiger charge is -2.11. The molecule has 0 aliphatic heterocycles. The maximum Gasteiger partial charge on any atom is 0.153 e. The van der Waals surface area contributed by atoms with Gasteiger partial charge in [-0.25, -0.2) is 4.98 Å². The van der Waals surface area contributed by atoms with Gasteiger partial charge in [-0.15, -0.1) is 0 Å². The average Bonchev–Trinajstić information content (AvgIpc) is 2.49. The number of aromatic nitrogens is 1. The van der Waals surface area contributed by atoms with Crippen LogP contribution in [0.3, 0.4) is 0 Å². The Morgan fingerprint density at radius 1 is 1.00 bits per heavy atom. The summed E-state index contributed by atoms with van der Waals surface area (Å²) in [6, 6.07) is 15.2. The fourth-order valence-corrected chi connectivity index (χ4v) is 2.16. The van der Waals surface area contributed by atoms with Crippen LogP contribution >= 0.6 is 0 Å². The Hall–Kier alpha value is -2.75. The van der Waals surface area contributed by atoms with Crippen molar-refractivity contribution >= 4 is 16.6 Å². The molecule has 2 N–H and O–H groups in total. The first kappa shape index (κ1) is 13.2. The molecule has 0 spiro atoms. The average molecular weight is 280 g/mol. The smallest absolute Gasteiger partial charge is 0.153 e. The highest BCUT2D eigenvalue weighted by Crippen LogP contribution is 2.33. The standard InChI is InChI=1S/C17H16N2O2/c1-11-6-7-12-4-3-5-16(17(12)19-11)21-15-9-8-13(20-2)10-14(15)18/h3-10H,18H2,1-2H3. The predicted octanol–water partition coefficient (Wildman–Crippen LogP) is 3.93. The highest BCUT2D eigenvalue weighted by molar-refractivity contribution is 5.85. The molecule has 106 valence electrons. The van der Waals surface area contributed by atoms with E-state index < -0.39 is 0 Å². The highest BCUT2D eigenvalue weighted by atomic mass is 16.5. The number of anilines is 1. The molecular weight excluding hydrogens is 264 g/mol. The first-order valence-electron chi connectivity index (χ1n) is 6.65. The van der Waals surface area contributed by atoms with E-state index in [1.54, 1.807) is 19.2 Å². The Bertz CT molecular complexity index is 800. The number of nitrogen functional groups attached to an aromatic ring is 1. The number of benzene rings is 2. The molecule has 1 aromatic heterocycles. The molecule has 4 heteroatoms. The summed E-state index contributed by atoms with van der Waals surface area (Å²) < 4.78 is 11.1. The third kappa shape index (κ3) is 2.60. The van der Waals surface area contributed by atoms with Gasteiger partial charge < -0.3 is 15.2 Å². The normalized spacial score (nSPS) is 10.6. The molecule has 0 aliphatic rings. The lowest BCUT2D eigenvalue weighted by atomic mass is 10.2. The molecule has 0 radical (unpaired) electrons. The highest BCUT2D eigenvalue weighted by Gasteiger charge is 2.08. The van der Waals surface area contributed by atoms with Crippen molar-refractivity contribution in [2.24, 2.45) is 0 Å². The van der Waals surface area contributed by atoms with E-state index in [4.69, 9.17) is 15.2 Å². The Morgan fingerprint density at radius 2 is 1.86 bits per heavy atom. The minimum absolute atomic E-state index is 0.527. The minimum Gasteiger partial charge on any atom is -0.497 e. The van der Waals surface area contributed by atoms with Crippen molar-refractivity contribution in [2.75, 3.05) is 12.8 Å². The molecule has 1 heterocycles. The molecule has 0 amide bonds. The van der Waals surface area contributed by atoms with E-state index in [1.807, 2.05) is 43.3 Å². The fraction of sp³-hybridized carbons (Fsp3) is 0.118. The van der Waals surface area contributed by atoms with Gasteiger partial charge in [0, 0.05) is 17.1 Å². The van der Waals surface area contributed by atoms with E-state index in [2.05, 4.69) is 4.98 Å². The number of nitrogens with two attached hydrogens (primary N) is 1. The van der Waals surface area contributed by atoms with Gasteiger partial charge in [0.25, 0.3) is 0 Å². The van der Waals surface area contributed by atoms with Crippen LogP contribution in [0.25, 0.3) is 10.9 Å². The van der Waals surface area contributed by atoms with Gasteiger partial charge in [0.2, 0.25) is 0 Å². The van der Waals surface area contributed by atoms with Crippen molar-refractivity contribution in [1.82, 2.24) is 4.98 Å². The first-order valence-corrected chi connectivity index (χ1v) is 6.65. The van der Waals surface area contributed by atoms with Gasteiger partial charge >= 0.3 is 0 Å². The van der Waals surface area contributed by atoms with Crippen molar-refractivity contribution in [1.29, 1.82) is 0 Å². The summed E-state index contributed by atoms with van der Waals surface area (Å²) in [6.07, 6.45) is 0. The van der Waals surface area contributed by atoms with Crippen LogP contribution in [0.1, 0.15) is 5.69 Å².